The van der Waals surface area contributed by atoms with Crippen LogP contribution in [0.15, 0.2) is 0 Å². The van der Waals surface area contributed by atoms with E-state index in [9.17, 15) is 14.7 Å². The lowest BCUT2D eigenvalue weighted by atomic mass is 9.82. The summed E-state index contributed by atoms with van der Waals surface area (Å²) < 4.78 is 0. The van der Waals surface area contributed by atoms with E-state index in [2.05, 4.69) is 4.90 Å². The largest absolute Gasteiger partial charge is 0.380 e. The molecule has 0 unspecified atom stereocenters. The van der Waals surface area contributed by atoms with Crippen LogP contribution in [0.2, 0.25) is 0 Å². The lowest BCUT2D eigenvalue weighted by Gasteiger charge is -2.48. The van der Waals surface area contributed by atoms with Crippen molar-refractivity contribution >= 4 is 11.8 Å². The first-order valence-electron chi connectivity index (χ1n) is 8.91. The Bertz CT molecular complexity index is 482. The molecule has 4 aliphatic rings. The topological polar surface area (TPSA) is 60.9 Å². The summed E-state index contributed by atoms with van der Waals surface area (Å²) in [6.45, 7) is 1.42. The van der Waals surface area contributed by atoms with Gasteiger partial charge in [-0.15, -0.1) is 0 Å². The number of amides is 2. The van der Waals surface area contributed by atoms with Crippen LogP contribution in [0.25, 0.3) is 0 Å². The van der Waals surface area contributed by atoms with Crippen LogP contribution in [0.5, 0.6) is 0 Å². The molecule has 2 atom stereocenters. The van der Waals surface area contributed by atoms with Gasteiger partial charge >= 0.3 is 0 Å². The molecule has 5 heteroatoms. The highest BCUT2D eigenvalue weighted by atomic mass is 16.3. The molecule has 1 N–H and O–H groups in total. The molecule has 2 amide bonds. The van der Waals surface area contributed by atoms with E-state index < -0.39 is 5.60 Å². The van der Waals surface area contributed by atoms with E-state index in [1.54, 1.807) is 0 Å². The minimum Gasteiger partial charge on any atom is -0.380 e. The average Bonchev–Trinajstić information content (AvgIpc) is 3.26. The molecule has 122 valence electrons. The smallest absolute Gasteiger partial charge is 0.254 e. The molecular weight excluding hydrogens is 280 g/mol. The van der Waals surface area contributed by atoms with E-state index in [-0.39, 0.29) is 5.91 Å². The number of likely N-dealkylation sites (tertiary alicyclic amines) is 2. The predicted octanol–water partition coefficient (Wildman–Crippen LogP) is 1.29. The Morgan fingerprint density at radius 3 is 2.55 bits per heavy atom. The van der Waals surface area contributed by atoms with Crippen molar-refractivity contribution in [2.24, 2.45) is 5.92 Å². The Morgan fingerprint density at radius 2 is 1.86 bits per heavy atom. The van der Waals surface area contributed by atoms with Gasteiger partial charge in [0.1, 0.15) is 5.60 Å². The third kappa shape index (κ3) is 2.34. The van der Waals surface area contributed by atoms with Gasteiger partial charge in [-0.05, 0) is 57.3 Å². The fourth-order valence-corrected chi connectivity index (χ4v) is 4.77. The maximum atomic E-state index is 12.7. The summed E-state index contributed by atoms with van der Waals surface area (Å²) in [5.41, 5.74) is -1.10. The minimum atomic E-state index is -1.10. The van der Waals surface area contributed by atoms with Crippen LogP contribution in [-0.2, 0) is 9.59 Å². The van der Waals surface area contributed by atoms with Crippen molar-refractivity contribution in [2.45, 2.75) is 75.5 Å². The first kappa shape index (κ1) is 14.5. The van der Waals surface area contributed by atoms with Gasteiger partial charge in [0.05, 0.1) is 0 Å². The van der Waals surface area contributed by atoms with Crippen molar-refractivity contribution in [3.8, 4) is 0 Å². The summed E-state index contributed by atoms with van der Waals surface area (Å²) in [4.78, 5) is 28.9. The lowest BCUT2D eigenvalue weighted by molar-refractivity contribution is -0.156. The highest BCUT2D eigenvalue weighted by Gasteiger charge is 2.48. The van der Waals surface area contributed by atoms with Crippen molar-refractivity contribution < 1.29 is 14.7 Å². The first-order valence-corrected chi connectivity index (χ1v) is 8.91. The molecular formula is C17H26N2O3. The molecule has 0 aromatic carbocycles. The zero-order valence-electron chi connectivity index (χ0n) is 13.2. The molecule has 22 heavy (non-hydrogen) atoms. The lowest BCUT2D eigenvalue weighted by Crippen LogP contribution is -2.59. The molecule has 0 bridgehead atoms. The van der Waals surface area contributed by atoms with Crippen LogP contribution in [0, 0.1) is 5.92 Å². The third-order valence-corrected chi connectivity index (χ3v) is 6.12. The van der Waals surface area contributed by atoms with Gasteiger partial charge in [0, 0.05) is 31.6 Å². The second kappa shape index (κ2) is 5.22. The van der Waals surface area contributed by atoms with Crippen LogP contribution < -0.4 is 0 Å². The maximum absolute atomic E-state index is 12.7. The van der Waals surface area contributed by atoms with Gasteiger partial charge in [0.25, 0.3) is 5.91 Å². The number of aliphatic hydroxyl groups is 1. The van der Waals surface area contributed by atoms with Crippen LogP contribution in [0.3, 0.4) is 0 Å². The molecule has 4 fully saturated rings. The quantitative estimate of drug-likeness (QED) is 0.836. The number of carbonyl (C=O) groups excluding carboxylic acids is 2. The second-order valence-electron chi connectivity index (χ2n) is 7.68. The Balaban J connectivity index is 1.45. The standard InChI is InChI=1S/C17H26N2O3/c20-15-6-3-12-11-18(16(21)17(22)8-1-2-9-17)10-7-14(12)19(15)13-4-5-13/h12-14,22H,1-11H2/t12-,14+/m0/s1. The fourth-order valence-electron chi connectivity index (χ4n) is 4.77. The van der Waals surface area contributed by atoms with Crippen molar-refractivity contribution in [1.29, 1.82) is 0 Å². The molecule has 2 aliphatic carbocycles. The Morgan fingerprint density at radius 1 is 1.14 bits per heavy atom. The maximum Gasteiger partial charge on any atom is 0.254 e. The molecule has 0 aromatic rings. The zero-order chi connectivity index (χ0) is 15.3. The number of rotatable bonds is 2. The zero-order valence-corrected chi connectivity index (χ0v) is 13.2. The summed E-state index contributed by atoms with van der Waals surface area (Å²) in [5, 5.41) is 10.5. The molecule has 0 radical (unpaired) electrons. The van der Waals surface area contributed by atoms with E-state index >= 15 is 0 Å². The summed E-state index contributed by atoms with van der Waals surface area (Å²) in [6.07, 6.45) is 7.84. The number of hydrogen-bond acceptors (Lipinski definition) is 3. The van der Waals surface area contributed by atoms with E-state index in [1.807, 2.05) is 4.90 Å². The van der Waals surface area contributed by atoms with Gasteiger partial charge < -0.3 is 14.9 Å². The normalized spacial score (nSPS) is 34.7. The van der Waals surface area contributed by atoms with Gasteiger partial charge in [0.15, 0.2) is 0 Å². The SMILES string of the molecule is O=C1CC[C@H]2CN(C(=O)C3(O)CCCC3)CC[C@H]2N1C1CC1. The van der Waals surface area contributed by atoms with Gasteiger partial charge in [-0.3, -0.25) is 9.59 Å². The van der Waals surface area contributed by atoms with Gasteiger partial charge in [-0.25, -0.2) is 0 Å². The van der Waals surface area contributed by atoms with Crippen molar-refractivity contribution in [2.75, 3.05) is 13.1 Å². The molecule has 2 saturated carbocycles. The number of carbonyl (C=O) groups is 2. The summed E-state index contributed by atoms with van der Waals surface area (Å²) in [6, 6.07) is 0.803. The number of piperidine rings is 2. The van der Waals surface area contributed by atoms with E-state index in [1.165, 1.54) is 0 Å². The number of hydrogen-bond donors (Lipinski definition) is 1. The highest BCUT2D eigenvalue weighted by Crippen LogP contribution is 2.40. The second-order valence-corrected chi connectivity index (χ2v) is 7.68. The average molecular weight is 306 g/mol. The van der Waals surface area contributed by atoms with Crippen LogP contribution in [0.4, 0.5) is 0 Å². The number of nitrogens with zero attached hydrogens (tertiary/aromatic N) is 2. The van der Waals surface area contributed by atoms with Crippen LogP contribution in [-0.4, -0.2) is 57.5 Å². The minimum absolute atomic E-state index is 0.0571. The molecule has 2 aliphatic heterocycles. The molecule has 2 saturated heterocycles. The predicted molar refractivity (Wildman–Crippen MR) is 81.0 cm³/mol. The van der Waals surface area contributed by atoms with Crippen molar-refractivity contribution in [1.82, 2.24) is 9.80 Å². The molecule has 4 rings (SSSR count). The Labute approximate surface area is 131 Å². The third-order valence-electron chi connectivity index (χ3n) is 6.12. The van der Waals surface area contributed by atoms with Gasteiger partial charge in [-0.1, -0.05) is 0 Å². The van der Waals surface area contributed by atoms with Crippen LogP contribution in [0.1, 0.15) is 57.8 Å². The molecule has 2 heterocycles. The first-order chi connectivity index (χ1) is 10.6. The fraction of sp³-hybridized carbons (Fsp3) is 0.882. The van der Waals surface area contributed by atoms with Gasteiger partial charge in [0.2, 0.25) is 5.91 Å². The van der Waals surface area contributed by atoms with Crippen LogP contribution >= 0.6 is 0 Å². The number of fused-ring (bicyclic) bond motifs is 1. The van der Waals surface area contributed by atoms with Crippen molar-refractivity contribution in [3.05, 3.63) is 0 Å². The van der Waals surface area contributed by atoms with E-state index in [4.69, 9.17) is 0 Å². The highest BCUT2D eigenvalue weighted by molar-refractivity contribution is 5.85. The van der Waals surface area contributed by atoms with E-state index in [0.717, 1.165) is 45.1 Å². The monoisotopic (exact) mass is 306 g/mol. The Kier molecular flexibility index (Phi) is 3.44. The summed E-state index contributed by atoms with van der Waals surface area (Å²) >= 11 is 0. The van der Waals surface area contributed by atoms with Crippen molar-refractivity contribution in [3.63, 3.8) is 0 Å². The molecule has 0 aromatic heterocycles. The summed E-state index contributed by atoms with van der Waals surface area (Å²) in [7, 11) is 0. The summed E-state index contributed by atoms with van der Waals surface area (Å²) in [5.74, 6) is 0.664. The molecule has 5 nitrogen and oxygen atoms in total. The Hall–Kier alpha value is -1.10. The molecule has 0 spiro atoms. The van der Waals surface area contributed by atoms with E-state index in [0.29, 0.717) is 49.7 Å². The van der Waals surface area contributed by atoms with Gasteiger partial charge in [-0.2, -0.15) is 0 Å².